The Morgan fingerprint density at radius 2 is 2.00 bits per heavy atom. The highest BCUT2D eigenvalue weighted by Gasteiger charge is 2.28. The van der Waals surface area contributed by atoms with Gasteiger partial charge in [-0.25, -0.2) is 4.79 Å². The van der Waals surface area contributed by atoms with Crippen LogP contribution in [-0.2, 0) is 34.4 Å². The first kappa shape index (κ1) is 18.6. The summed E-state index contributed by atoms with van der Waals surface area (Å²) in [6.07, 6.45) is 3.88. The van der Waals surface area contributed by atoms with Crippen LogP contribution in [0.4, 0.5) is 5.00 Å². The SMILES string of the molecule is CC(=O)Nc1sc2c(c1C(=O)OCc1nc(C(C)(C)C)no1)CCCC2. The molecular formula is C18H23N3O4S. The lowest BCUT2D eigenvalue weighted by Crippen LogP contribution is -2.14. The highest BCUT2D eigenvalue weighted by Crippen LogP contribution is 2.38. The molecule has 0 fully saturated rings. The predicted octanol–water partition coefficient (Wildman–Crippen LogP) is 3.62. The molecule has 140 valence electrons. The van der Waals surface area contributed by atoms with E-state index in [0.29, 0.717) is 16.4 Å². The summed E-state index contributed by atoms with van der Waals surface area (Å²) in [5.41, 5.74) is 1.22. The van der Waals surface area contributed by atoms with E-state index in [9.17, 15) is 9.59 Å². The first-order valence-corrected chi connectivity index (χ1v) is 9.49. The van der Waals surface area contributed by atoms with E-state index in [1.54, 1.807) is 0 Å². The van der Waals surface area contributed by atoms with Gasteiger partial charge < -0.3 is 14.6 Å². The molecule has 8 heteroatoms. The van der Waals surface area contributed by atoms with Crippen molar-refractivity contribution in [3.63, 3.8) is 0 Å². The lowest BCUT2D eigenvalue weighted by molar-refractivity contribution is -0.114. The largest absolute Gasteiger partial charge is 0.452 e. The van der Waals surface area contributed by atoms with Gasteiger partial charge in [-0.3, -0.25) is 4.79 Å². The zero-order chi connectivity index (χ0) is 18.9. The van der Waals surface area contributed by atoms with Gasteiger partial charge in [-0.05, 0) is 31.2 Å². The van der Waals surface area contributed by atoms with E-state index in [2.05, 4.69) is 15.5 Å². The van der Waals surface area contributed by atoms with Gasteiger partial charge in [0.25, 0.3) is 5.89 Å². The zero-order valence-electron chi connectivity index (χ0n) is 15.5. The van der Waals surface area contributed by atoms with E-state index in [4.69, 9.17) is 9.26 Å². The third-order valence-electron chi connectivity index (χ3n) is 4.13. The molecule has 26 heavy (non-hydrogen) atoms. The Labute approximate surface area is 156 Å². The van der Waals surface area contributed by atoms with Crippen LogP contribution in [0.2, 0.25) is 0 Å². The fourth-order valence-electron chi connectivity index (χ4n) is 2.85. The summed E-state index contributed by atoms with van der Waals surface area (Å²) >= 11 is 1.46. The van der Waals surface area contributed by atoms with Crippen molar-refractivity contribution in [1.29, 1.82) is 0 Å². The third kappa shape index (κ3) is 3.95. The predicted molar refractivity (Wildman–Crippen MR) is 97.4 cm³/mol. The molecule has 0 aliphatic heterocycles. The minimum Gasteiger partial charge on any atom is -0.452 e. The average molecular weight is 377 g/mol. The number of ether oxygens (including phenoxy) is 1. The van der Waals surface area contributed by atoms with Crippen molar-refractivity contribution >= 4 is 28.2 Å². The van der Waals surface area contributed by atoms with E-state index >= 15 is 0 Å². The number of hydrogen-bond acceptors (Lipinski definition) is 7. The van der Waals surface area contributed by atoms with Crippen LogP contribution < -0.4 is 5.32 Å². The van der Waals surface area contributed by atoms with E-state index in [1.807, 2.05) is 20.8 Å². The number of anilines is 1. The summed E-state index contributed by atoms with van der Waals surface area (Å²) in [6, 6.07) is 0. The average Bonchev–Trinajstić information content (AvgIpc) is 3.16. The normalized spacial score (nSPS) is 14.0. The molecule has 7 nitrogen and oxygen atoms in total. The van der Waals surface area contributed by atoms with Crippen LogP contribution in [0.15, 0.2) is 4.52 Å². The number of carbonyl (C=O) groups is 2. The zero-order valence-corrected chi connectivity index (χ0v) is 16.3. The monoisotopic (exact) mass is 377 g/mol. The lowest BCUT2D eigenvalue weighted by Gasteiger charge is -2.12. The molecule has 0 spiro atoms. The molecule has 1 N–H and O–H groups in total. The molecule has 0 unspecified atom stereocenters. The molecule has 1 aliphatic carbocycles. The molecule has 1 amide bonds. The minimum absolute atomic E-state index is 0.0912. The van der Waals surface area contributed by atoms with Crippen molar-refractivity contribution in [2.75, 3.05) is 5.32 Å². The van der Waals surface area contributed by atoms with E-state index in [0.717, 1.165) is 36.1 Å². The van der Waals surface area contributed by atoms with Crippen LogP contribution in [0.5, 0.6) is 0 Å². The van der Waals surface area contributed by atoms with Crippen molar-refractivity contribution in [1.82, 2.24) is 10.1 Å². The number of thiophene rings is 1. The Hall–Kier alpha value is -2.22. The van der Waals surface area contributed by atoms with Crippen molar-refractivity contribution < 1.29 is 18.8 Å². The summed E-state index contributed by atoms with van der Waals surface area (Å²) in [5, 5.41) is 7.25. The Bertz CT molecular complexity index is 832. The Balaban J connectivity index is 1.78. The number of amides is 1. The standard InChI is InChI=1S/C18H23N3O4S/c1-10(22)19-15-14(11-7-5-6-8-12(11)26-15)16(23)24-9-13-20-17(21-25-13)18(2,3)4/h5-9H2,1-4H3,(H,19,22). The van der Waals surface area contributed by atoms with Crippen molar-refractivity contribution in [2.45, 2.75) is 65.4 Å². The van der Waals surface area contributed by atoms with Crippen molar-refractivity contribution in [2.24, 2.45) is 0 Å². The molecular weight excluding hydrogens is 354 g/mol. The van der Waals surface area contributed by atoms with Crippen LogP contribution in [0.1, 0.15) is 73.1 Å². The van der Waals surface area contributed by atoms with Gasteiger partial charge in [0.2, 0.25) is 5.91 Å². The smallest absolute Gasteiger partial charge is 0.341 e. The highest BCUT2D eigenvalue weighted by molar-refractivity contribution is 7.17. The number of hydrogen-bond donors (Lipinski definition) is 1. The topological polar surface area (TPSA) is 94.3 Å². The molecule has 2 heterocycles. The maximum absolute atomic E-state index is 12.7. The minimum atomic E-state index is -0.469. The second-order valence-corrected chi connectivity index (χ2v) is 8.54. The van der Waals surface area contributed by atoms with Crippen molar-refractivity contribution in [3.05, 3.63) is 27.7 Å². The molecule has 0 saturated heterocycles. The van der Waals surface area contributed by atoms with E-state index < -0.39 is 5.97 Å². The first-order valence-electron chi connectivity index (χ1n) is 8.68. The number of nitrogens with one attached hydrogen (secondary N) is 1. The van der Waals surface area contributed by atoms with Gasteiger partial charge in [0, 0.05) is 17.2 Å². The fraction of sp³-hybridized carbons (Fsp3) is 0.556. The van der Waals surface area contributed by atoms with Gasteiger partial charge in [0.05, 0.1) is 5.56 Å². The van der Waals surface area contributed by atoms with Crippen LogP contribution in [0.25, 0.3) is 0 Å². The molecule has 0 radical (unpaired) electrons. The second kappa shape index (κ2) is 7.19. The van der Waals surface area contributed by atoms with E-state index in [-0.39, 0.29) is 23.8 Å². The maximum atomic E-state index is 12.7. The molecule has 2 aromatic rings. The summed E-state index contributed by atoms with van der Waals surface area (Å²) in [5.74, 6) is 0.150. The Kier molecular flexibility index (Phi) is 5.13. The highest BCUT2D eigenvalue weighted by atomic mass is 32.1. The number of rotatable bonds is 4. The number of nitrogens with zero attached hydrogens (tertiary/aromatic N) is 2. The fourth-order valence-corrected chi connectivity index (χ4v) is 4.17. The summed E-state index contributed by atoms with van der Waals surface area (Å²) in [4.78, 5) is 29.6. The number of carbonyl (C=O) groups excluding carboxylic acids is 2. The molecule has 0 saturated carbocycles. The third-order valence-corrected chi connectivity index (χ3v) is 5.34. The van der Waals surface area contributed by atoms with Gasteiger partial charge in [-0.2, -0.15) is 4.98 Å². The maximum Gasteiger partial charge on any atom is 0.341 e. The first-order chi connectivity index (χ1) is 12.3. The number of aromatic nitrogens is 2. The number of esters is 1. The van der Waals surface area contributed by atoms with Gasteiger partial charge in [-0.1, -0.05) is 25.9 Å². The number of aryl methyl sites for hydroxylation is 1. The van der Waals surface area contributed by atoms with Gasteiger partial charge >= 0.3 is 5.97 Å². The Morgan fingerprint density at radius 1 is 1.27 bits per heavy atom. The van der Waals surface area contributed by atoms with Crippen LogP contribution in [-0.4, -0.2) is 22.0 Å². The van der Waals surface area contributed by atoms with E-state index in [1.165, 1.54) is 18.3 Å². The quantitative estimate of drug-likeness (QED) is 0.818. The summed E-state index contributed by atoms with van der Waals surface area (Å²) < 4.78 is 10.6. The van der Waals surface area contributed by atoms with Crippen LogP contribution >= 0.6 is 11.3 Å². The van der Waals surface area contributed by atoms with Crippen LogP contribution in [0, 0.1) is 0 Å². The Morgan fingerprint density at radius 3 is 2.65 bits per heavy atom. The van der Waals surface area contributed by atoms with Gasteiger partial charge in [0.1, 0.15) is 5.00 Å². The molecule has 0 aromatic carbocycles. The molecule has 3 rings (SSSR count). The summed E-state index contributed by atoms with van der Waals surface area (Å²) in [6.45, 7) is 7.27. The van der Waals surface area contributed by atoms with Crippen molar-refractivity contribution in [3.8, 4) is 0 Å². The molecule has 0 bridgehead atoms. The lowest BCUT2D eigenvalue weighted by atomic mass is 9.95. The van der Waals surface area contributed by atoms with Crippen LogP contribution in [0.3, 0.4) is 0 Å². The molecule has 0 atom stereocenters. The number of fused-ring (bicyclic) bond motifs is 1. The van der Waals surface area contributed by atoms with Gasteiger partial charge in [-0.15, -0.1) is 11.3 Å². The second-order valence-electron chi connectivity index (χ2n) is 7.43. The molecule has 1 aliphatic rings. The summed E-state index contributed by atoms with van der Waals surface area (Å²) in [7, 11) is 0. The van der Waals surface area contributed by atoms with Gasteiger partial charge in [0.15, 0.2) is 12.4 Å². The molecule has 2 aromatic heterocycles.